The summed E-state index contributed by atoms with van der Waals surface area (Å²) in [6.07, 6.45) is 0. The van der Waals surface area contributed by atoms with Crippen LogP contribution in [0.25, 0.3) is 11.3 Å². The van der Waals surface area contributed by atoms with E-state index in [-0.39, 0.29) is 11.9 Å². The van der Waals surface area contributed by atoms with Crippen molar-refractivity contribution < 1.29 is 23.5 Å². The van der Waals surface area contributed by atoms with E-state index in [2.05, 4.69) is 10.5 Å². The van der Waals surface area contributed by atoms with Gasteiger partial charge in [-0.2, -0.15) is 0 Å². The van der Waals surface area contributed by atoms with Gasteiger partial charge in [-0.1, -0.05) is 17.3 Å². The zero-order chi connectivity index (χ0) is 21.0. The molecule has 7 nitrogen and oxygen atoms in total. The molecule has 0 aliphatic rings. The number of ether oxygens (including phenoxy) is 3. The highest BCUT2D eigenvalue weighted by Gasteiger charge is 2.24. The van der Waals surface area contributed by atoms with Crippen LogP contribution in [0.1, 0.15) is 34.6 Å². The fourth-order valence-corrected chi connectivity index (χ4v) is 3.02. The van der Waals surface area contributed by atoms with Crippen LogP contribution in [0.4, 0.5) is 0 Å². The second-order valence-electron chi connectivity index (χ2n) is 6.54. The number of amides is 1. The predicted octanol–water partition coefficient (Wildman–Crippen LogP) is 4.17. The SMILES string of the molecule is COc1ccc([C@H](C)NC(=O)c2c(C)noc2-c2cc(OC)cc(OC)c2)cc1. The number of aromatic nitrogens is 1. The van der Waals surface area contributed by atoms with Crippen molar-refractivity contribution in [2.45, 2.75) is 19.9 Å². The molecule has 0 unspecified atom stereocenters. The van der Waals surface area contributed by atoms with Crippen LogP contribution in [-0.2, 0) is 0 Å². The lowest BCUT2D eigenvalue weighted by Gasteiger charge is -2.15. The highest BCUT2D eigenvalue weighted by Crippen LogP contribution is 2.33. The molecule has 1 aromatic heterocycles. The van der Waals surface area contributed by atoms with Crippen LogP contribution in [-0.4, -0.2) is 32.4 Å². The predicted molar refractivity (Wildman–Crippen MR) is 109 cm³/mol. The summed E-state index contributed by atoms with van der Waals surface area (Å²) in [7, 11) is 4.74. The van der Waals surface area contributed by atoms with Crippen LogP contribution >= 0.6 is 0 Å². The van der Waals surface area contributed by atoms with Crippen molar-refractivity contribution in [2.75, 3.05) is 21.3 Å². The summed E-state index contributed by atoms with van der Waals surface area (Å²) in [5.74, 6) is 2.03. The molecule has 3 aromatic rings. The third kappa shape index (κ3) is 4.34. The van der Waals surface area contributed by atoms with Crippen molar-refractivity contribution in [2.24, 2.45) is 0 Å². The molecule has 0 bridgehead atoms. The van der Waals surface area contributed by atoms with E-state index < -0.39 is 0 Å². The number of carbonyl (C=O) groups is 1. The standard InChI is InChI=1S/C22H24N2O5/c1-13(15-6-8-17(26-3)9-7-15)23-22(25)20-14(2)24-29-21(20)16-10-18(27-4)12-19(11-16)28-5/h6-13H,1-5H3,(H,23,25)/t13-/m0/s1. The summed E-state index contributed by atoms with van der Waals surface area (Å²) in [6.45, 7) is 3.65. The quantitative estimate of drug-likeness (QED) is 0.645. The topological polar surface area (TPSA) is 82.8 Å². The number of aryl methyl sites for hydroxylation is 1. The third-order valence-electron chi connectivity index (χ3n) is 4.67. The van der Waals surface area contributed by atoms with Crippen LogP contribution in [0.5, 0.6) is 17.2 Å². The molecule has 3 rings (SSSR count). The van der Waals surface area contributed by atoms with E-state index in [4.69, 9.17) is 18.7 Å². The Morgan fingerprint density at radius 2 is 1.55 bits per heavy atom. The van der Waals surface area contributed by atoms with Crippen LogP contribution in [0.15, 0.2) is 47.0 Å². The van der Waals surface area contributed by atoms with Gasteiger partial charge >= 0.3 is 0 Å². The Morgan fingerprint density at radius 3 is 2.10 bits per heavy atom. The number of hydrogen-bond donors (Lipinski definition) is 1. The number of nitrogens with zero attached hydrogens (tertiary/aromatic N) is 1. The molecule has 1 N–H and O–H groups in total. The summed E-state index contributed by atoms with van der Waals surface area (Å²) >= 11 is 0. The number of benzene rings is 2. The fourth-order valence-electron chi connectivity index (χ4n) is 3.02. The number of carbonyl (C=O) groups excluding carboxylic acids is 1. The molecule has 0 spiro atoms. The average Bonchev–Trinajstić information content (AvgIpc) is 3.14. The lowest BCUT2D eigenvalue weighted by atomic mass is 10.0. The van der Waals surface area contributed by atoms with Gasteiger partial charge in [0.25, 0.3) is 5.91 Å². The van der Waals surface area contributed by atoms with Gasteiger partial charge in [-0.05, 0) is 43.7 Å². The van der Waals surface area contributed by atoms with Gasteiger partial charge in [0, 0.05) is 11.6 Å². The van der Waals surface area contributed by atoms with E-state index in [1.807, 2.05) is 31.2 Å². The van der Waals surface area contributed by atoms with E-state index in [9.17, 15) is 4.79 Å². The Bertz CT molecular complexity index is 973. The van der Waals surface area contributed by atoms with Gasteiger partial charge < -0.3 is 24.1 Å². The maximum atomic E-state index is 13.0. The Hall–Kier alpha value is -3.48. The minimum atomic E-state index is -0.274. The maximum Gasteiger partial charge on any atom is 0.257 e. The summed E-state index contributed by atoms with van der Waals surface area (Å²) in [4.78, 5) is 13.0. The Labute approximate surface area is 169 Å². The highest BCUT2D eigenvalue weighted by molar-refractivity contribution is 6.00. The zero-order valence-electron chi connectivity index (χ0n) is 17.1. The largest absolute Gasteiger partial charge is 0.497 e. The van der Waals surface area contributed by atoms with Gasteiger partial charge in [-0.25, -0.2) is 0 Å². The molecule has 0 saturated carbocycles. The van der Waals surface area contributed by atoms with E-state index >= 15 is 0 Å². The van der Waals surface area contributed by atoms with E-state index in [1.54, 1.807) is 46.5 Å². The fraction of sp³-hybridized carbons (Fsp3) is 0.273. The van der Waals surface area contributed by atoms with Crippen LogP contribution < -0.4 is 19.5 Å². The van der Waals surface area contributed by atoms with Crippen LogP contribution in [0.3, 0.4) is 0 Å². The number of methoxy groups -OCH3 is 3. The minimum absolute atomic E-state index is 0.213. The number of nitrogens with one attached hydrogen (secondary N) is 1. The van der Waals surface area contributed by atoms with Gasteiger partial charge in [-0.15, -0.1) is 0 Å². The Kier molecular flexibility index (Phi) is 6.07. The monoisotopic (exact) mass is 396 g/mol. The number of hydrogen-bond acceptors (Lipinski definition) is 6. The summed E-state index contributed by atoms with van der Waals surface area (Å²) < 4.78 is 21.3. The summed E-state index contributed by atoms with van der Waals surface area (Å²) in [5.41, 5.74) is 2.48. The Balaban J connectivity index is 1.89. The molecule has 0 aliphatic carbocycles. The van der Waals surface area contributed by atoms with Crippen molar-refractivity contribution >= 4 is 5.91 Å². The first kappa shape index (κ1) is 20.3. The molecule has 152 valence electrons. The van der Waals surface area contributed by atoms with Gasteiger partial charge in [-0.3, -0.25) is 4.79 Å². The molecule has 1 heterocycles. The van der Waals surface area contributed by atoms with Crippen molar-refractivity contribution in [3.05, 3.63) is 59.3 Å². The lowest BCUT2D eigenvalue weighted by molar-refractivity contribution is 0.0939. The molecule has 0 radical (unpaired) electrons. The molecule has 2 aromatic carbocycles. The Morgan fingerprint density at radius 1 is 0.966 bits per heavy atom. The van der Waals surface area contributed by atoms with E-state index in [1.165, 1.54) is 0 Å². The van der Waals surface area contributed by atoms with Gasteiger partial charge in [0.15, 0.2) is 5.76 Å². The summed E-state index contributed by atoms with van der Waals surface area (Å²) in [6, 6.07) is 12.6. The first-order valence-electron chi connectivity index (χ1n) is 9.11. The third-order valence-corrected chi connectivity index (χ3v) is 4.67. The number of rotatable bonds is 7. The molecule has 0 saturated heterocycles. The molecular formula is C22H24N2O5. The second kappa shape index (κ2) is 8.68. The minimum Gasteiger partial charge on any atom is -0.497 e. The normalized spacial score (nSPS) is 11.6. The van der Waals surface area contributed by atoms with Crippen LogP contribution in [0, 0.1) is 6.92 Å². The van der Waals surface area contributed by atoms with Crippen molar-refractivity contribution in [1.82, 2.24) is 10.5 Å². The second-order valence-corrected chi connectivity index (χ2v) is 6.54. The van der Waals surface area contributed by atoms with Gasteiger partial charge in [0.05, 0.1) is 33.1 Å². The van der Waals surface area contributed by atoms with Crippen molar-refractivity contribution in [3.8, 4) is 28.6 Å². The molecule has 0 aliphatic heterocycles. The zero-order valence-corrected chi connectivity index (χ0v) is 17.1. The highest BCUT2D eigenvalue weighted by atomic mass is 16.5. The van der Waals surface area contributed by atoms with E-state index in [0.29, 0.717) is 34.1 Å². The van der Waals surface area contributed by atoms with Crippen LogP contribution in [0.2, 0.25) is 0 Å². The molecular weight excluding hydrogens is 372 g/mol. The van der Waals surface area contributed by atoms with Gasteiger partial charge in [0.2, 0.25) is 0 Å². The van der Waals surface area contributed by atoms with Crippen molar-refractivity contribution in [3.63, 3.8) is 0 Å². The van der Waals surface area contributed by atoms with Gasteiger partial charge in [0.1, 0.15) is 22.8 Å². The molecule has 1 amide bonds. The molecule has 7 heteroatoms. The first-order valence-corrected chi connectivity index (χ1v) is 9.11. The summed E-state index contributed by atoms with van der Waals surface area (Å²) in [5, 5.41) is 7.00. The average molecular weight is 396 g/mol. The van der Waals surface area contributed by atoms with Crippen molar-refractivity contribution in [1.29, 1.82) is 0 Å². The molecule has 0 fully saturated rings. The maximum absolute atomic E-state index is 13.0. The van der Waals surface area contributed by atoms with E-state index in [0.717, 1.165) is 11.3 Å². The molecule has 29 heavy (non-hydrogen) atoms. The smallest absolute Gasteiger partial charge is 0.257 e. The first-order chi connectivity index (χ1) is 14.0. The lowest BCUT2D eigenvalue weighted by Crippen LogP contribution is -2.27. The molecule has 1 atom stereocenters.